The molecule has 6 nitrogen and oxygen atoms in total. The second-order valence-corrected chi connectivity index (χ2v) is 9.36. The molecule has 0 saturated carbocycles. The van der Waals surface area contributed by atoms with Crippen molar-refractivity contribution in [2.45, 2.75) is 52.6 Å². The van der Waals surface area contributed by atoms with Crippen LogP contribution in [0.4, 0.5) is 5.69 Å². The van der Waals surface area contributed by atoms with E-state index in [9.17, 15) is 13.2 Å². The molecule has 0 unspecified atom stereocenters. The number of ether oxygens (including phenoxy) is 1. The monoisotopic (exact) mass is 432 g/mol. The maximum absolute atomic E-state index is 13.2. The Morgan fingerprint density at radius 2 is 1.77 bits per heavy atom. The van der Waals surface area contributed by atoms with Crippen LogP contribution in [0.2, 0.25) is 0 Å². The minimum atomic E-state index is -3.70. The van der Waals surface area contributed by atoms with Crippen molar-refractivity contribution < 1.29 is 17.9 Å². The molecule has 30 heavy (non-hydrogen) atoms. The van der Waals surface area contributed by atoms with Gasteiger partial charge in [-0.2, -0.15) is 0 Å². The number of methoxy groups -OCH3 is 1. The zero-order valence-corrected chi connectivity index (χ0v) is 19.4. The standard InChI is InChI=1S/C23H32N2O4S/c1-7-21(18-13-12-16(3)17(4)14-18)24-23(26)22(8-2)25(30(6,27)28)19-10-9-11-20(15-19)29-5/h9-15,21-22H,7-8H2,1-6H3,(H,24,26)/t21-,22+/m0/s1. The second kappa shape index (κ2) is 9.98. The van der Waals surface area contributed by atoms with Crippen molar-refractivity contribution in [2.24, 2.45) is 0 Å². The van der Waals surface area contributed by atoms with Crippen molar-refractivity contribution in [1.29, 1.82) is 0 Å². The molecule has 0 aliphatic rings. The van der Waals surface area contributed by atoms with Gasteiger partial charge in [-0.15, -0.1) is 0 Å². The Labute approximate surface area is 180 Å². The molecule has 1 N–H and O–H groups in total. The quantitative estimate of drug-likeness (QED) is 0.647. The van der Waals surface area contributed by atoms with E-state index in [0.29, 0.717) is 24.3 Å². The number of nitrogens with one attached hydrogen (secondary N) is 1. The van der Waals surface area contributed by atoms with Crippen LogP contribution in [0.5, 0.6) is 5.75 Å². The maximum atomic E-state index is 13.2. The van der Waals surface area contributed by atoms with E-state index >= 15 is 0 Å². The molecule has 0 heterocycles. The van der Waals surface area contributed by atoms with Crippen LogP contribution in [-0.2, 0) is 14.8 Å². The van der Waals surface area contributed by atoms with Crippen molar-refractivity contribution in [1.82, 2.24) is 5.32 Å². The third-order valence-corrected chi connectivity index (χ3v) is 6.48. The van der Waals surface area contributed by atoms with Gasteiger partial charge in [-0.25, -0.2) is 8.42 Å². The van der Waals surface area contributed by atoms with Gasteiger partial charge in [0.2, 0.25) is 15.9 Å². The number of sulfonamides is 1. The van der Waals surface area contributed by atoms with Crippen molar-refractivity contribution in [3.63, 3.8) is 0 Å². The first-order valence-corrected chi connectivity index (χ1v) is 12.0. The molecule has 0 spiro atoms. The molecule has 7 heteroatoms. The average molecular weight is 433 g/mol. The highest BCUT2D eigenvalue weighted by Crippen LogP contribution is 2.27. The summed E-state index contributed by atoms with van der Waals surface area (Å²) < 4.78 is 31.7. The molecule has 0 fully saturated rings. The Hall–Kier alpha value is -2.54. The van der Waals surface area contributed by atoms with Crippen LogP contribution in [0, 0.1) is 13.8 Å². The number of aryl methyl sites for hydroxylation is 2. The fourth-order valence-corrected chi connectivity index (χ4v) is 4.68. The van der Waals surface area contributed by atoms with Crippen molar-refractivity contribution >= 4 is 21.6 Å². The van der Waals surface area contributed by atoms with Gasteiger partial charge in [0.25, 0.3) is 0 Å². The molecule has 0 aromatic heterocycles. The maximum Gasteiger partial charge on any atom is 0.244 e. The van der Waals surface area contributed by atoms with Gasteiger partial charge in [0.05, 0.1) is 25.1 Å². The van der Waals surface area contributed by atoms with Crippen LogP contribution < -0.4 is 14.4 Å². The summed E-state index contributed by atoms with van der Waals surface area (Å²) in [6.07, 6.45) is 2.14. The first-order chi connectivity index (χ1) is 14.1. The highest BCUT2D eigenvalue weighted by molar-refractivity contribution is 7.92. The Bertz CT molecular complexity index is 988. The van der Waals surface area contributed by atoms with Gasteiger partial charge in [-0.1, -0.05) is 38.1 Å². The van der Waals surface area contributed by atoms with Gasteiger partial charge in [0.15, 0.2) is 0 Å². The van der Waals surface area contributed by atoms with Gasteiger partial charge in [0, 0.05) is 6.07 Å². The molecule has 2 aromatic carbocycles. The lowest BCUT2D eigenvalue weighted by atomic mass is 9.99. The molecule has 0 aliphatic heterocycles. The number of hydrogen-bond donors (Lipinski definition) is 1. The molecule has 0 aliphatic carbocycles. The van der Waals surface area contributed by atoms with Gasteiger partial charge in [0.1, 0.15) is 11.8 Å². The number of carbonyl (C=O) groups excluding carboxylic acids is 1. The van der Waals surface area contributed by atoms with E-state index in [2.05, 4.69) is 11.4 Å². The highest BCUT2D eigenvalue weighted by atomic mass is 32.2. The number of amides is 1. The zero-order chi connectivity index (χ0) is 22.5. The lowest BCUT2D eigenvalue weighted by Gasteiger charge is -2.31. The second-order valence-electron chi connectivity index (χ2n) is 7.50. The van der Waals surface area contributed by atoms with Crippen LogP contribution in [0.3, 0.4) is 0 Å². The number of benzene rings is 2. The molecular weight excluding hydrogens is 400 g/mol. The van der Waals surface area contributed by atoms with Crippen LogP contribution in [0.15, 0.2) is 42.5 Å². The number of carbonyl (C=O) groups is 1. The summed E-state index contributed by atoms with van der Waals surface area (Å²) >= 11 is 0. The van der Waals surface area contributed by atoms with Gasteiger partial charge in [-0.3, -0.25) is 9.10 Å². The third kappa shape index (κ3) is 5.53. The number of anilines is 1. The van der Waals surface area contributed by atoms with Gasteiger partial charge >= 0.3 is 0 Å². The van der Waals surface area contributed by atoms with E-state index in [-0.39, 0.29) is 11.9 Å². The first kappa shape index (κ1) is 23.7. The fraction of sp³-hybridized carbons (Fsp3) is 0.435. The van der Waals surface area contributed by atoms with Crippen molar-refractivity contribution in [2.75, 3.05) is 17.7 Å². The summed E-state index contributed by atoms with van der Waals surface area (Å²) in [5.74, 6) is 0.203. The minimum Gasteiger partial charge on any atom is -0.497 e. The summed E-state index contributed by atoms with van der Waals surface area (Å²) in [7, 11) is -2.18. The Morgan fingerprint density at radius 1 is 1.07 bits per heavy atom. The lowest BCUT2D eigenvalue weighted by Crippen LogP contribution is -2.50. The number of rotatable bonds is 9. The van der Waals surface area contributed by atoms with E-state index < -0.39 is 16.1 Å². The molecule has 1 amide bonds. The molecular formula is C23H32N2O4S. The Kier molecular flexibility index (Phi) is 7.89. The highest BCUT2D eigenvalue weighted by Gasteiger charge is 2.32. The molecule has 2 aromatic rings. The van der Waals surface area contributed by atoms with E-state index in [0.717, 1.165) is 17.4 Å². The van der Waals surface area contributed by atoms with Gasteiger partial charge < -0.3 is 10.1 Å². The van der Waals surface area contributed by atoms with E-state index in [4.69, 9.17) is 4.74 Å². The van der Waals surface area contributed by atoms with Gasteiger partial charge in [-0.05, 0) is 55.5 Å². The van der Waals surface area contributed by atoms with Crippen molar-refractivity contribution in [3.05, 3.63) is 59.2 Å². The number of nitrogens with zero attached hydrogens (tertiary/aromatic N) is 1. The summed E-state index contributed by atoms with van der Waals surface area (Å²) in [6, 6.07) is 11.8. The van der Waals surface area contributed by atoms with Crippen LogP contribution in [0.25, 0.3) is 0 Å². The SMILES string of the molecule is CC[C@H](NC(=O)[C@@H](CC)N(c1cccc(OC)c1)S(C)(=O)=O)c1ccc(C)c(C)c1. The topological polar surface area (TPSA) is 75.7 Å². The Morgan fingerprint density at radius 3 is 2.30 bits per heavy atom. The summed E-state index contributed by atoms with van der Waals surface area (Å²) in [5, 5.41) is 3.06. The summed E-state index contributed by atoms with van der Waals surface area (Å²) in [5.41, 5.74) is 3.75. The third-order valence-electron chi connectivity index (χ3n) is 5.30. The van der Waals surface area contributed by atoms with E-state index in [1.807, 2.05) is 32.9 Å². The summed E-state index contributed by atoms with van der Waals surface area (Å²) in [4.78, 5) is 13.2. The predicted molar refractivity (Wildman–Crippen MR) is 121 cm³/mol. The van der Waals surface area contributed by atoms with Crippen LogP contribution >= 0.6 is 0 Å². The largest absolute Gasteiger partial charge is 0.497 e. The van der Waals surface area contributed by atoms with E-state index in [1.165, 1.54) is 17.0 Å². The number of hydrogen-bond acceptors (Lipinski definition) is 4. The molecule has 2 rings (SSSR count). The molecule has 2 atom stereocenters. The van der Waals surface area contributed by atoms with Crippen LogP contribution in [0.1, 0.15) is 49.4 Å². The fourth-order valence-electron chi connectivity index (χ4n) is 3.48. The molecule has 0 bridgehead atoms. The average Bonchev–Trinajstić information content (AvgIpc) is 2.71. The summed E-state index contributed by atoms with van der Waals surface area (Å²) in [6.45, 7) is 7.89. The minimum absolute atomic E-state index is 0.197. The molecule has 0 saturated heterocycles. The smallest absolute Gasteiger partial charge is 0.244 e. The lowest BCUT2D eigenvalue weighted by molar-refractivity contribution is -0.123. The van der Waals surface area contributed by atoms with Crippen molar-refractivity contribution in [3.8, 4) is 5.75 Å². The first-order valence-electron chi connectivity index (χ1n) is 10.1. The van der Waals surface area contributed by atoms with E-state index in [1.54, 1.807) is 31.2 Å². The zero-order valence-electron chi connectivity index (χ0n) is 18.6. The molecule has 0 radical (unpaired) electrons. The normalized spacial score (nSPS) is 13.4. The predicted octanol–water partition coefficient (Wildman–Crippen LogP) is 4.12. The molecule has 164 valence electrons. The Balaban J connectivity index is 2.37. The van der Waals surface area contributed by atoms with Crippen LogP contribution in [-0.4, -0.2) is 33.7 Å².